The first kappa shape index (κ1) is 15.8. The molecule has 3 aromatic heterocycles. The van der Waals surface area contributed by atoms with Crippen molar-refractivity contribution in [1.82, 2.24) is 25.0 Å². The number of carbonyl (C=O) groups is 1. The third-order valence-electron chi connectivity index (χ3n) is 4.79. The molecule has 25 heavy (non-hydrogen) atoms. The van der Waals surface area contributed by atoms with Gasteiger partial charge in [-0.25, -0.2) is 4.98 Å². The largest absolute Gasteiger partial charge is 0.346 e. The molecular formula is C18H21N5O2. The quantitative estimate of drug-likeness (QED) is 0.792. The van der Waals surface area contributed by atoms with E-state index in [9.17, 15) is 4.79 Å². The lowest BCUT2D eigenvalue weighted by Gasteiger charge is -2.27. The van der Waals surface area contributed by atoms with Crippen LogP contribution in [0.1, 0.15) is 49.0 Å². The number of amides is 1. The lowest BCUT2D eigenvalue weighted by Crippen LogP contribution is -2.36. The molecule has 0 bridgehead atoms. The summed E-state index contributed by atoms with van der Waals surface area (Å²) >= 11 is 0. The third kappa shape index (κ3) is 3.14. The van der Waals surface area contributed by atoms with Crippen molar-refractivity contribution in [3.63, 3.8) is 0 Å². The number of nitrogens with zero attached hydrogens (tertiary/aromatic N) is 4. The van der Waals surface area contributed by atoms with Gasteiger partial charge in [-0.3, -0.25) is 4.79 Å². The average molecular weight is 339 g/mol. The summed E-state index contributed by atoms with van der Waals surface area (Å²) in [7, 11) is 0. The van der Waals surface area contributed by atoms with Crippen LogP contribution in [-0.4, -0.2) is 37.5 Å². The van der Waals surface area contributed by atoms with Gasteiger partial charge >= 0.3 is 0 Å². The van der Waals surface area contributed by atoms with E-state index in [0.717, 1.165) is 48.8 Å². The van der Waals surface area contributed by atoms with E-state index in [2.05, 4.69) is 20.1 Å². The maximum Gasteiger partial charge on any atom is 0.227 e. The van der Waals surface area contributed by atoms with Gasteiger partial charge in [0.1, 0.15) is 5.65 Å². The summed E-state index contributed by atoms with van der Waals surface area (Å²) in [5, 5.41) is 5.06. The van der Waals surface area contributed by atoms with Crippen molar-refractivity contribution in [2.75, 3.05) is 6.54 Å². The molecular weight excluding hydrogens is 318 g/mol. The van der Waals surface area contributed by atoms with Crippen LogP contribution >= 0.6 is 0 Å². The average Bonchev–Trinajstić information content (AvgIpc) is 3.14. The summed E-state index contributed by atoms with van der Waals surface area (Å²) in [6.07, 6.45) is 8.04. The molecule has 0 saturated carbocycles. The highest BCUT2D eigenvalue weighted by atomic mass is 16.5. The molecule has 1 aliphatic heterocycles. The normalized spacial score (nSPS) is 18.4. The second-order valence-electron chi connectivity index (χ2n) is 6.51. The Bertz CT molecular complexity index is 884. The number of fused-ring (bicyclic) bond motifs is 1. The van der Waals surface area contributed by atoms with E-state index in [-0.39, 0.29) is 11.9 Å². The monoisotopic (exact) mass is 339 g/mol. The lowest BCUT2D eigenvalue weighted by molar-refractivity contribution is -0.133. The number of aromatic nitrogens is 4. The van der Waals surface area contributed by atoms with Crippen LogP contribution in [0.15, 0.2) is 29.0 Å². The Balaban J connectivity index is 1.59. The van der Waals surface area contributed by atoms with Gasteiger partial charge in [-0.2, -0.15) is 4.98 Å². The minimum atomic E-state index is -0.101. The summed E-state index contributed by atoms with van der Waals surface area (Å²) in [5.41, 5.74) is 1.78. The van der Waals surface area contributed by atoms with Crippen LogP contribution in [0.5, 0.6) is 0 Å². The number of pyridine rings is 1. The Hall–Kier alpha value is -2.70. The topological polar surface area (TPSA) is 87.9 Å². The van der Waals surface area contributed by atoms with Gasteiger partial charge in [0.05, 0.1) is 12.5 Å². The van der Waals surface area contributed by atoms with E-state index in [1.54, 1.807) is 13.1 Å². The van der Waals surface area contributed by atoms with Crippen LogP contribution in [0.3, 0.4) is 0 Å². The summed E-state index contributed by atoms with van der Waals surface area (Å²) < 4.78 is 5.14. The molecule has 0 aliphatic carbocycles. The Labute approximate surface area is 145 Å². The highest BCUT2D eigenvalue weighted by Crippen LogP contribution is 2.29. The van der Waals surface area contributed by atoms with E-state index in [0.29, 0.717) is 18.1 Å². The first-order chi connectivity index (χ1) is 12.2. The maximum atomic E-state index is 13.1. The fraction of sp³-hybridized carbons (Fsp3) is 0.444. The molecule has 4 heterocycles. The zero-order valence-electron chi connectivity index (χ0n) is 14.2. The minimum Gasteiger partial charge on any atom is -0.346 e. The lowest BCUT2D eigenvalue weighted by atomic mass is 10.1. The van der Waals surface area contributed by atoms with Crippen molar-refractivity contribution in [3.05, 3.63) is 41.8 Å². The molecule has 1 amide bonds. The second kappa shape index (κ2) is 6.66. The van der Waals surface area contributed by atoms with Crippen molar-refractivity contribution < 1.29 is 9.32 Å². The van der Waals surface area contributed by atoms with Crippen molar-refractivity contribution in [1.29, 1.82) is 0 Å². The minimum absolute atomic E-state index is 0.0964. The number of likely N-dealkylation sites (tertiary alicyclic amines) is 1. The van der Waals surface area contributed by atoms with E-state index in [4.69, 9.17) is 4.52 Å². The van der Waals surface area contributed by atoms with E-state index >= 15 is 0 Å². The molecule has 1 aliphatic rings. The summed E-state index contributed by atoms with van der Waals surface area (Å²) in [6.45, 7) is 2.51. The van der Waals surface area contributed by atoms with Gasteiger partial charge in [-0.15, -0.1) is 0 Å². The number of aryl methyl sites for hydroxylation is 1. The van der Waals surface area contributed by atoms with Gasteiger partial charge in [-0.1, -0.05) is 18.0 Å². The van der Waals surface area contributed by atoms with Crippen molar-refractivity contribution >= 4 is 16.9 Å². The molecule has 1 atom stereocenters. The van der Waals surface area contributed by atoms with E-state index in [1.807, 2.05) is 23.2 Å². The number of aromatic amines is 1. The molecule has 7 nitrogen and oxygen atoms in total. The predicted molar refractivity (Wildman–Crippen MR) is 91.8 cm³/mol. The van der Waals surface area contributed by atoms with Crippen LogP contribution in [0.4, 0.5) is 0 Å². The first-order valence-corrected chi connectivity index (χ1v) is 8.73. The summed E-state index contributed by atoms with van der Waals surface area (Å²) in [6, 6.07) is 3.78. The Morgan fingerprint density at radius 2 is 2.32 bits per heavy atom. The highest BCUT2D eigenvalue weighted by Gasteiger charge is 2.30. The molecule has 7 heteroatoms. The zero-order chi connectivity index (χ0) is 17.2. The van der Waals surface area contributed by atoms with Gasteiger partial charge in [0, 0.05) is 31.2 Å². The number of nitrogens with one attached hydrogen (secondary N) is 1. The van der Waals surface area contributed by atoms with Gasteiger partial charge in [0.15, 0.2) is 5.82 Å². The Kier molecular flexibility index (Phi) is 4.21. The van der Waals surface area contributed by atoms with Crippen molar-refractivity contribution in [3.8, 4) is 0 Å². The summed E-state index contributed by atoms with van der Waals surface area (Å²) in [4.78, 5) is 26.8. The van der Waals surface area contributed by atoms with Crippen molar-refractivity contribution in [2.24, 2.45) is 0 Å². The molecule has 1 saturated heterocycles. The van der Waals surface area contributed by atoms with Crippen LogP contribution in [-0.2, 0) is 11.2 Å². The zero-order valence-corrected chi connectivity index (χ0v) is 14.2. The number of hydrogen-bond acceptors (Lipinski definition) is 5. The Morgan fingerprint density at radius 3 is 3.16 bits per heavy atom. The molecule has 0 unspecified atom stereocenters. The molecule has 4 rings (SSSR count). The molecule has 0 radical (unpaired) electrons. The standard InChI is InChI=1S/C18H21N5O2/c1-12-21-18(22-25-12)15-7-3-2-4-9-23(15)16(24)10-13-11-20-17-14(13)6-5-8-19-17/h5-6,8,11,15H,2-4,7,9-10H2,1H3,(H,19,20)/t15-/m0/s1. The van der Waals surface area contributed by atoms with Gasteiger partial charge in [0.2, 0.25) is 11.8 Å². The van der Waals surface area contributed by atoms with Gasteiger partial charge in [-0.05, 0) is 30.5 Å². The van der Waals surface area contributed by atoms with Crippen molar-refractivity contribution in [2.45, 2.75) is 45.1 Å². The molecule has 130 valence electrons. The maximum absolute atomic E-state index is 13.1. The van der Waals surface area contributed by atoms with Crippen LogP contribution in [0, 0.1) is 6.92 Å². The highest BCUT2D eigenvalue weighted by molar-refractivity contribution is 5.87. The molecule has 1 fully saturated rings. The molecule has 0 spiro atoms. The second-order valence-corrected chi connectivity index (χ2v) is 6.51. The van der Waals surface area contributed by atoms with E-state index < -0.39 is 0 Å². The Morgan fingerprint density at radius 1 is 1.40 bits per heavy atom. The number of hydrogen-bond donors (Lipinski definition) is 1. The van der Waals surface area contributed by atoms with Crippen LogP contribution < -0.4 is 0 Å². The first-order valence-electron chi connectivity index (χ1n) is 8.73. The smallest absolute Gasteiger partial charge is 0.227 e. The van der Waals surface area contributed by atoms with Crippen LogP contribution in [0.2, 0.25) is 0 Å². The molecule has 0 aromatic carbocycles. The molecule has 1 N–H and O–H groups in total. The SMILES string of the molecule is Cc1nc([C@@H]2CCCCCN2C(=O)Cc2c[nH]c3ncccc23)no1. The predicted octanol–water partition coefficient (Wildman–Crippen LogP) is 2.94. The fourth-order valence-corrected chi connectivity index (χ4v) is 3.55. The van der Waals surface area contributed by atoms with Gasteiger partial charge < -0.3 is 14.4 Å². The number of H-pyrrole nitrogens is 1. The summed E-state index contributed by atoms with van der Waals surface area (Å²) in [5.74, 6) is 1.25. The fourth-order valence-electron chi connectivity index (χ4n) is 3.55. The third-order valence-corrected chi connectivity index (χ3v) is 4.79. The number of rotatable bonds is 3. The van der Waals surface area contributed by atoms with Gasteiger partial charge in [0.25, 0.3) is 0 Å². The van der Waals surface area contributed by atoms with E-state index in [1.165, 1.54) is 0 Å². The number of carbonyl (C=O) groups excluding carboxylic acids is 1. The molecule has 3 aromatic rings. The van der Waals surface area contributed by atoms with Crippen LogP contribution in [0.25, 0.3) is 11.0 Å².